The van der Waals surface area contributed by atoms with Gasteiger partial charge in [-0.1, -0.05) is 22.0 Å². The first-order chi connectivity index (χ1) is 8.60. The van der Waals surface area contributed by atoms with Gasteiger partial charge in [0.2, 0.25) is 0 Å². The fourth-order valence-corrected chi connectivity index (χ4v) is 1.97. The summed E-state index contributed by atoms with van der Waals surface area (Å²) in [4.78, 5) is 0. The Bertz CT molecular complexity index is 552. The summed E-state index contributed by atoms with van der Waals surface area (Å²) in [5.41, 5.74) is 0.369. The first-order valence-corrected chi connectivity index (χ1v) is 6.40. The fraction of sp³-hybridized carbons (Fsp3) is 0.0769. The lowest BCUT2D eigenvalue weighted by Crippen LogP contribution is -1.94. The van der Waals surface area contributed by atoms with E-state index in [2.05, 4.69) is 15.9 Å². The lowest BCUT2D eigenvalue weighted by molar-refractivity contribution is 0.406. The molecule has 18 heavy (non-hydrogen) atoms. The molecule has 0 fully saturated rings. The average Bonchev–Trinajstić information content (AvgIpc) is 2.33. The van der Waals surface area contributed by atoms with Crippen molar-refractivity contribution in [2.45, 2.75) is 5.88 Å². The van der Waals surface area contributed by atoms with Crippen LogP contribution in [-0.4, -0.2) is 0 Å². The average molecular weight is 334 g/mol. The van der Waals surface area contributed by atoms with Crippen LogP contribution in [0.4, 0.5) is 8.78 Å². The van der Waals surface area contributed by atoms with Crippen LogP contribution >= 0.6 is 27.5 Å². The maximum absolute atomic E-state index is 13.6. The molecule has 0 N–H and O–H groups in total. The smallest absolute Gasteiger partial charge is 0.198 e. The van der Waals surface area contributed by atoms with Crippen LogP contribution in [-0.2, 0) is 5.88 Å². The Morgan fingerprint density at radius 3 is 2.33 bits per heavy atom. The Kier molecular flexibility index (Phi) is 4.19. The summed E-state index contributed by atoms with van der Waals surface area (Å²) in [7, 11) is 0. The minimum absolute atomic E-state index is 0.0466. The van der Waals surface area contributed by atoms with Crippen LogP contribution in [0.5, 0.6) is 11.5 Å². The molecule has 2 aromatic rings. The molecule has 1 nitrogen and oxygen atoms in total. The summed E-state index contributed by atoms with van der Waals surface area (Å²) < 4.78 is 33.3. The molecule has 0 spiro atoms. The van der Waals surface area contributed by atoms with Crippen molar-refractivity contribution in [2.75, 3.05) is 0 Å². The van der Waals surface area contributed by atoms with Crippen LogP contribution in [0.2, 0.25) is 0 Å². The largest absolute Gasteiger partial charge is 0.451 e. The monoisotopic (exact) mass is 332 g/mol. The van der Waals surface area contributed by atoms with Crippen molar-refractivity contribution in [3.63, 3.8) is 0 Å². The van der Waals surface area contributed by atoms with E-state index in [1.807, 2.05) is 0 Å². The van der Waals surface area contributed by atoms with E-state index in [0.29, 0.717) is 11.3 Å². The molecular formula is C13H8BrClF2O. The zero-order chi connectivity index (χ0) is 13.1. The van der Waals surface area contributed by atoms with Gasteiger partial charge in [-0.25, -0.2) is 8.78 Å². The topological polar surface area (TPSA) is 9.23 Å². The minimum Gasteiger partial charge on any atom is -0.451 e. The molecule has 0 aromatic heterocycles. The molecule has 0 saturated heterocycles. The van der Waals surface area contributed by atoms with Crippen LogP contribution < -0.4 is 4.74 Å². The van der Waals surface area contributed by atoms with Crippen molar-refractivity contribution in [1.29, 1.82) is 0 Å². The van der Waals surface area contributed by atoms with Gasteiger partial charge in [0, 0.05) is 10.4 Å². The van der Waals surface area contributed by atoms with Crippen molar-refractivity contribution in [3.8, 4) is 11.5 Å². The number of halogens is 4. The zero-order valence-corrected chi connectivity index (χ0v) is 11.4. The Hall–Kier alpha value is -1.13. The number of rotatable bonds is 3. The van der Waals surface area contributed by atoms with Crippen molar-refractivity contribution in [2.24, 2.45) is 0 Å². The van der Waals surface area contributed by atoms with Gasteiger partial charge in [0.05, 0.1) is 0 Å². The number of alkyl halides is 1. The second kappa shape index (κ2) is 5.67. The number of ether oxygens (including phenoxy) is 1. The lowest BCUT2D eigenvalue weighted by atomic mass is 10.2. The predicted molar refractivity (Wildman–Crippen MR) is 70.1 cm³/mol. The number of hydrogen-bond acceptors (Lipinski definition) is 1. The van der Waals surface area contributed by atoms with E-state index in [-0.39, 0.29) is 5.88 Å². The second-order valence-electron chi connectivity index (χ2n) is 3.58. The molecular weight excluding hydrogens is 325 g/mol. The quantitative estimate of drug-likeness (QED) is 0.696. The third kappa shape index (κ3) is 3.00. The van der Waals surface area contributed by atoms with Crippen LogP contribution in [0.25, 0.3) is 0 Å². The molecule has 0 aliphatic heterocycles. The van der Waals surface area contributed by atoms with E-state index < -0.39 is 17.4 Å². The van der Waals surface area contributed by atoms with Gasteiger partial charge in [-0.15, -0.1) is 11.6 Å². The Morgan fingerprint density at radius 2 is 1.78 bits per heavy atom. The van der Waals surface area contributed by atoms with E-state index in [4.69, 9.17) is 16.3 Å². The van der Waals surface area contributed by atoms with Crippen LogP contribution in [0.15, 0.2) is 40.9 Å². The van der Waals surface area contributed by atoms with Crippen molar-refractivity contribution >= 4 is 27.5 Å². The van der Waals surface area contributed by atoms with Gasteiger partial charge in [-0.05, 0) is 35.9 Å². The number of hydrogen-bond donors (Lipinski definition) is 0. The molecule has 0 unspecified atom stereocenters. The predicted octanol–water partition coefficient (Wildman–Crippen LogP) is 5.26. The lowest BCUT2D eigenvalue weighted by Gasteiger charge is -2.09. The molecule has 0 amide bonds. The second-order valence-corrected chi connectivity index (χ2v) is 4.76. The molecule has 94 valence electrons. The van der Waals surface area contributed by atoms with Gasteiger partial charge < -0.3 is 4.74 Å². The molecule has 0 saturated carbocycles. The third-order valence-corrected chi connectivity index (χ3v) is 3.03. The van der Waals surface area contributed by atoms with Gasteiger partial charge in [0.15, 0.2) is 17.4 Å². The van der Waals surface area contributed by atoms with E-state index in [1.54, 1.807) is 24.3 Å². The summed E-state index contributed by atoms with van der Waals surface area (Å²) in [6.07, 6.45) is 0. The highest BCUT2D eigenvalue weighted by Crippen LogP contribution is 2.30. The van der Waals surface area contributed by atoms with Crippen molar-refractivity contribution in [1.82, 2.24) is 0 Å². The van der Waals surface area contributed by atoms with E-state index >= 15 is 0 Å². The van der Waals surface area contributed by atoms with Crippen molar-refractivity contribution < 1.29 is 13.5 Å². The highest BCUT2D eigenvalue weighted by molar-refractivity contribution is 9.10. The molecule has 0 aliphatic rings. The van der Waals surface area contributed by atoms with Gasteiger partial charge in [-0.3, -0.25) is 0 Å². The third-order valence-electron chi connectivity index (χ3n) is 2.23. The van der Waals surface area contributed by atoms with Crippen LogP contribution in [0, 0.1) is 11.6 Å². The highest BCUT2D eigenvalue weighted by Gasteiger charge is 2.13. The Morgan fingerprint density at radius 1 is 1.11 bits per heavy atom. The molecule has 0 aliphatic carbocycles. The maximum atomic E-state index is 13.6. The summed E-state index contributed by atoms with van der Waals surface area (Å²) in [6, 6.07) is 9.04. The summed E-state index contributed by atoms with van der Waals surface area (Å²) >= 11 is 8.77. The summed E-state index contributed by atoms with van der Waals surface area (Å²) in [6.45, 7) is 0. The SMILES string of the molecule is Fc1cc(CCl)cc(F)c1Oc1cccc(Br)c1. The normalized spacial score (nSPS) is 10.4. The standard InChI is InChI=1S/C13H8BrClF2O/c14-9-2-1-3-10(6-9)18-13-11(16)4-8(7-15)5-12(13)17/h1-6H,7H2. The molecule has 0 heterocycles. The van der Waals surface area contributed by atoms with Crippen LogP contribution in [0.3, 0.4) is 0 Å². The minimum atomic E-state index is -0.773. The van der Waals surface area contributed by atoms with Gasteiger partial charge >= 0.3 is 0 Å². The molecule has 5 heteroatoms. The zero-order valence-electron chi connectivity index (χ0n) is 9.09. The van der Waals surface area contributed by atoms with Gasteiger partial charge in [0.1, 0.15) is 5.75 Å². The first-order valence-electron chi connectivity index (χ1n) is 5.07. The molecule has 2 aromatic carbocycles. The molecule has 0 radical (unpaired) electrons. The number of benzene rings is 2. The van der Waals surface area contributed by atoms with Gasteiger partial charge in [-0.2, -0.15) is 0 Å². The summed E-state index contributed by atoms with van der Waals surface area (Å²) in [5, 5.41) is 0. The van der Waals surface area contributed by atoms with E-state index in [0.717, 1.165) is 16.6 Å². The van der Waals surface area contributed by atoms with E-state index in [1.165, 1.54) is 0 Å². The molecule has 2 rings (SSSR count). The molecule has 0 bridgehead atoms. The van der Waals surface area contributed by atoms with Crippen molar-refractivity contribution in [3.05, 3.63) is 58.1 Å². The fourth-order valence-electron chi connectivity index (χ4n) is 1.44. The molecule has 0 atom stereocenters. The first kappa shape index (κ1) is 13.3. The maximum Gasteiger partial charge on any atom is 0.198 e. The van der Waals surface area contributed by atoms with Gasteiger partial charge in [0.25, 0.3) is 0 Å². The van der Waals surface area contributed by atoms with Crippen LogP contribution in [0.1, 0.15) is 5.56 Å². The Labute approximate surface area is 116 Å². The Balaban J connectivity index is 2.35. The van der Waals surface area contributed by atoms with E-state index in [9.17, 15) is 8.78 Å². The summed E-state index contributed by atoms with van der Waals surface area (Å²) in [5.74, 6) is -1.58. The highest BCUT2D eigenvalue weighted by atomic mass is 79.9.